The van der Waals surface area contributed by atoms with Gasteiger partial charge in [-0.3, -0.25) is 4.79 Å². The van der Waals surface area contributed by atoms with Gasteiger partial charge in [0.25, 0.3) is 0 Å². The van der Waals surface area contributed by atoms with Crippen molar-refractivity contribution in [3.05, 3.63) is 35.4 Å². The highest BCUT2D eigenvalue weighted by atomic mass is 19.1. The van der Waals surface area contributed by atoms with Gasteiger partial charge in [0.1, 0.15) is 11.6 Å². The zero-order chi connectivity index (χ0) is 16.9. The van der Waals surface area contributed by atoms with E-state index >= 15 is 0 Å². The fraction of sp³-hybridized carbons (Fsp3) is 0.588. The smallest absolute Gasteiger partial charge is 0.220 e. The predicted octanol–water partition coefficient (Wildman–Crippen LogP) is 3.06. The van der Waals surface area contributed by atoms with Crippen LogP contribution in [-0.4, -0.2) is 23.7 Å². The summed E-state index contributed by atoms with van der Waals surface area (Å²) in [7, 11) is 0. The summed E-state index contributed by atoms with van der Waals surface area (Å²) in [5.74, 6) is -1.18. The number of benzene rings is 1. The molecule has 0 spiro atoms. The van der Waals surface area contributed by atoms with Gasteiger partial charge in [0.05, 0.1) is 6.10 Å². The van der Waals surface area contributed by atoms with Crippen LogP contribution in [0.3, 0.4) is 0 Å². The lowest BCUT2D eigenvalue weighted by atomic mass is 9.80. The van der Waals surface area contributed by atoms with Crippen LogP contribution in [0.2, 0.25) is 0 Å². The van der Waals surface area contributed by atoms with E-state index in [9.17, 15) is 18.7 Å². The van der Waals surface area contributed by atoms with Gasteiger partial charge < -0.3 is 10.4 Å². The maximum atomic E-state index is 13.5. The van der Waals surface area contributed by atoms with Gasteiger partial charge in [0.15, 0.2) is 0 Å². The number of aryl methyl sites for hydroxylation is 1. The molecule has 124 valence electrons. The summed E-state index contributed by atoms with van der Waals surface area (Å²) >= 11 is 0. The van der Waals surface area contributed by atoms with E-state index in [4.69, 9.17) is 0 Å². The molecule has 0 heterocycles. The monoisotopic (exact) mass is 313 g/mol. The number of nitrogens with one attached hydrogen (secondary N) is 1. The summed E-state index contributed by atoms with van der Waals surface area (Å²) in [5.41, 5.74) is -0.259. The molecule has 5 heteroatoms. The first-order valence-electron chi connectivity index (χ1n) is 7.52. The number of rotatable bonds is 7. The molecule has 0 aliphatic carbocycles. The topological polar surface area (TPSA) is 49.3 Å². The lowest BCUT2D eigenvalue weighted by Crippen LogP contribution is -2.43. The average molecular weight is 313 g/mol. The number of hydrogen-bond acceptors (Lipinski definition) is 2. The molecule has 1 unspecified atom stereocenters. The van der Waals surface area contributed by atoms with Crippen molar-refractivity contribution in [1.29, 1.82) is 0 Å². The first kappa shape index (κ1) is 18.6. The van der Waals surface area contributed by atoms with E-state index in [1.165, 1.54) is 0 Å². The fourth-order valence-corrected chi connectivity index (χ4v) is 2.40. The van der Waals surface area contributed by atoms with Gasteiger partial charge in [-0.15, -0.1) is 0 Å². The van der Waals surface area contributed by atoms with Crippen LogP contribution in [0.25, 0.3) is 0 Å². The van der Waals surface area contributed by atoms with Gasteiger partial charge in [-0.2, -0.15) is 0 Å². The molecule has 0 saturated heterocycles. The van der Waals surface area contributed by atoms with E-state index in [2.05, 4.69) is 5.32 Å². The summed E-state index contributed by atoms with van der Waals surface area (Å²) < 4.78 is 26.5. The second kappa shape index (κ2) is 7.68. The van der Waals surface area contributed by atoms with E-state index in [-0.39, 0.29) is 30.2 Å². The minimum Gasteiger partial charge on any atom is -0.392 e. The summed E-state index contributed by atoms with van der Waals surface area (Å²) in [6.45, 7) is 7.92. The molecule has 3 nitrogen and oxygen atoms in total. The molecule has 0 bridgehead atoms. The Labute approximate surface area is 130 Å². The molecule has 0 radical (unpaired) electrons. The van der Waals surface area contributed by atoms with Gasteiger partial charge >= 0.3 is 0 Å². The van der Waals surface area contributed by atoms with Crippen molar-refractivity contribution in [2.45, 2.75) is 46.6 Å². The SMILES string of the molecule is CC(C)C(O)C(C)(C)CNC(=O)CCc1cc(F)ccc1F. The molecule has 0 aromatic heterocycles. The number of aliphatic hydroxyl groups is 1. The molecule has 1 aromatic carbocycles. The normalized spacial score (nSPS) is 13.3. The van der Waals surface area contributed by atoms with Crippen molar-refractivity contribution < 1.29 is 18.7 Å². The minimum absolute atomic E-state index is 0.0776. The third-order valence-electron chi connectivity index (χ3n) is 3.80. The molecule has 0 fully saturated rings. The lowest BCUT2D eigenvalue weighted by molar-refractivity contribution is -0.122. The van der Waals surface area contributed by atoms with Crippen LogP contribution in [0.15, 0.2) is 18.2 Å². The first-order chi connectivity index (χ1) is 10.1. The molecule has 22 heavy (non-hydrogen) atoms. The van der Waals surface area contributed by atoms with E-state index in [1.807, 2.05) is 27.7 Å². The van der Waals surface area contributed by atoms with E-state index in [1.54, 1.807) is 0 Å². The second-order valence-corrected chi connectivity index (χ2v) is 6.69. The Morgan fingerprint density at radius 3 is 2.55 bits per heavy atom. The van der Waals surface area contributed by atoms with Crippen molar-refractivity contribution in [1.82, 2.24) is 5.32 Å². The molecule has 1 atom stereocenters. The van der Waals surface area contributed by atoms with Crippen molar-refractivity contribution in [2.75, 3.05) is 6.54 Å². The molecule has 1 aromatic rings. The van der Waals surface area contributed by atoms with Crippen molar-refractivity contribution in [3.63, 3.8) is 0 Å². The Kier molecular flexibility index (Phi) is 6.48. The van der Waals surface area contributed by atoms with Crippen molar-refractivity contribution >= 4 is 5.91 Å². The molecule has 0 saturated carbocycles. The number of carbonyl (C=O) groups excluding carboxylic acids is 1. The van der Waals surface area contributed by atoms with Gasteiger partial charge in [-0.1, -0.05) is 27.7 Å². The number of hydrogen-bond donors (Lipinski definition) is 2. The summed E-state index contributed by atoms with van der Waals surface area (Å²) in [5, 5.41) is 12.8. The molecular weight excluding hydrogens is 288 g/mol. The van der Waals surface area contributed by atoms with Crippen LogP contribution < -0.4 is 5.32 Å². The van der Waals surface area contributed by atoms with E-state index in [0.717, 1.165) is 18.2 Å². The van der Waals surface area contributed by atoms with E-state index < -0.39 is 23.2 Å². The van der Waals surface area contributed by atoms with Gasteiger partial charge in [-0.05, 0) is 36.1 Å². The third-order valence-corrected chi connectivity index (χ3v) is 3.80. The summed E-state index contributed by atoms with van der Waals surface area (Å²) in [4.78, 5) is 11.8. The number of carbonyl (C=O) groups is 1. The second-order valence-electron chi connectivity index (χ2n) is 6.69. The van der Waals surface area contributed by atoms with Crippen LogP contribution >= 0.6 is 0 Å². The highest BCUT2D eigenvalue weighted by Crippen LogP contribution is 2.25. The Balaban J connectivity index is 2.49. The Morgan fingerprint density at radius 2 is 1.95 bits per heavy atom. The molecule has 0 aliphatic rings. The minimum atomic E-state index is -0.534. The van der Waals surface area contributed by atoms with Crippen LogP contribution in [0.5, 0.6) is 0 Å². The lowest BCUT2D eigenvalue weighted by Gasteiger charge is -2.33. The highest BCUT2D eigenvalue weighted by molar-refractivity contribution is 5.76. The van der Waals surface area contributed by atoms with Crippen LogP contribution in [0.4, 0.5) is 8.78 Å². The number of amides is 1. The molecule has 1 amide bonds. The zero-order valence-corrected chi connectivity index (χ0v) is 13.6. The zero-order valence-electron chi connectivity index (χ0n) is 13.6. The number of aliphatic hydroxyl groups excluding tert-OH is 1. The van der Waals surface area contributed by atoms with Gasteiger partial charge in [0, 0.05) is 18.4 Å². The Bertz CT molecular complexity index is 515. The van der Waals surface area contributed by atoms with Gasteiger partial charge in [-0.25, -0.2) is 8.78 Å². The van der Waals surface area contributed by atoms with E-state index in [0.29, 0.717) is 6.54 Å². The third kappa shape index (κ3) is 5.37. The Hall–Kier alpha value is -1.49. The molecule has 2 N–H and O–H groups in total. The van der Waals surface area contributed by atoms with Crippen LogP contribution in [0, 0.1) is 23.0 Å². The summed E-state index contributed by atoms with van der Waals surface area (Å²) in [6.07, 6.45) is -0.315. The van der Waals surface area contributed by atoms with Gasteiger partial charge in [0.2, 0.25) is 5.91 Å². The van der Waals surface area contributed by atoms with Crippen LogP contribution in [-0.2, 0) is 11.2 Å². The van der Waals surface area contributed by atoms with Crippen LogP contribution in [0.1, 0.15) is 39.7 Å². The fourth-order valence-electron chi connectivity index (χ4n) is 2.40. The van der Waals surface area contributed by atoms with Crippen molar-refractivity contribution in [3.8, 4) is 0 Å². The van der Waals surface area contributed by atoms with Crippen molar-refractivity contribution in [2.24, 2.45) is 11.3 Å². The molecule has 0 aliphatic heterocycles. The molecule has 1 rings (SSSR count). The standard InChI is InChI=1S/C17H25F2NO2/c1-11(2)16(22)17(3,4)10-20-15(21)8-5-12-9-13(18)6-7-14(12)19/h6-7,9,11,16,22H,5,8,10H2,1-4H3,(H,20,21). The number of halogens is 2. The largest absolute Gasteiger partial charge is 0.392 e. The maximum Gasteiger partial charge on any atom is 0.220 e. The Morgan fingerprint density at radius 1 is 1.32 bits per heavy atom. The molecular formula is C17H25F2NO2. The quantitative estimate of drug-likeness (QED) is 0.813. The average Bonchev–Trinajstić information content (AvgIpc) is 2.45. The summed E-state index contributed by atoms with van der Waals surface area (Å²) in [6, 6.07) is 3.22. The predicted molar refractivity (Wildman–Crippen MR) is 82.3 cm³/mol. The maximum absolute atomic E-state index is 13.5. The first-order valence-corrected chi connectivity index (χ1v) is 7.52. The highest BCUT2D eigenvalue weighted by Gasteiger charge is 2.30.